The van der Waals surface area contributed by atoms with Crippen molar-refractivity contribution in [3.05, 3.63) is 0 Å². The lowest BCUT2D eigenvalue weighted by molar-refractivity contribution is -0.888. The van der Waals surface area contributed by atoms with Crippen LogP contribution in [0.25, 0.3) is 0 Å². The zero-order chi connectivity index (χ0) is 17.5. The van der Waals surface area contributed by atoms with Gasteiger partial charge >= 0.3 is 10.4 Å². The summed E-state index contributed by atoms with van der Waals surface area (Å²) >= 11 is 0. The topological polar surface area (TPSA) is 74.6 Å². The van der Waals surface area contributed by atoms with Crippen molar-refractivity contribution >= 4 is 10.4 Å². The number of unbranched alkanes of at least 4 members (excludes halogenated alkanes) is 9. The second-order valence-electron chi connectivity index (χ2n) is 6.61. The lowest BCUT2D eigenvalue weighted by Crippen LogP contribution is -2.39. The van der Waals surface area contributed by atoms with Crippen LogP contribution >= 0.6 is 0 Å². The molecular weight excluding hydrogens is 302 g/mol. The van der Waals surface area contributed by atoms with E-state index in [2.05, 4.69) is 27.9 Å². The molecule has 0 aliphatic carbocycles. The predicted octanol–water partition coefficient (Wildman–Crippen LogP) is 4.35. The molecule has 0 heterocycles. The molecule has 0 aliphatic rings. The molecule has 0 aromatic heterocycles. The van der Waals surface area contributed by atoms with Gasteiger partial charge in [-0.05, 0) is 19.8 Å². The summed E-state index contributed by atoms with van der Waals surface area (Å²) < 4.78 is 32.8. The van der Waals surface area contributed by atoms with Gasteiger partial charge in [0.2, 0.25) is 0 Å². The second kappa shape index (κ2) is 14.4. The van der Waals surface area contributed by atoms with E-state index < -0.39 is 10.4 Å². The summed E-state index contributed by atoms with van der Waals surface area (Å²) in [5, 5.41) is 0. The van der Waals surface area contributed by atoms with E-state index in [1.807, 2.05) is 0 Å². The quantitative estimate of drug-likeness (QED) is 0.315. The van der Waals surface area contributed by atoms with E-state index in [4.69, 9.17) is 17.5 Å². The van der Waals surface area contributed by atoms with Gasteiger partial charge in [0.1, 0.15) is 0 Å². The molecular formula is C16H38NO4S+. The molecule has 0 fully saturated rings. The Morgan fingerprint density at radius 2 is 1.05 bits per heavy atom. The minimum atomic E-state index is -4.67. The third kappa shape index (κ3) is 28.1. The van der Waals surface area contributed by atoms with E-state index in [1.54, 1.807) is 0 Å². The van der Waals surface area contributed by atoms with Crippen LogP contribution in [0.5, 0.6) is 0 Å². The molecule has 0 rings (SSSR count). The molecule has 0 unspecified atom stereocenters. The fourth-order valence-electron chi connectivity index (χ4n) is 2.19. The fourth-order valence-corrected chi connectivity index (χ4v) is 2.19. The molecule has 0 atom stereocenters. The molecule has 22 heavy (non-hydrogen) atoms. The van der Waals surface area contributed by atoms with Crippen LogP contribution in [0.4, 0.5) is 0 Å². The van der Waals surface area contributed by atoms with Crippen molar-refractivity contribution in [2.24, 2.45) is 0 Å². The average molecular weight is 341 g/mol. The largest absolute Gasteiger partial charge is 0.394 e. The van der Waals surface area contributed by atoms with Gasteiger partial charge < -0.3 is 4.48 Å². The molecule has 0 spiro atoms. The first kappa shape index (κ1) is 24.1. The molecule has 0 amide bonds. The Hall–Kier alpha value is -0.170. The summed E-state index contributed by atoms with van der Waals surface area (Å²) in [5.41, 5.74) is 0. The van der Waals surface area contributed by atoms with Crippen LogP contribution in [-0.2, 0) is 10.4 Å². The molecule has 0 saturated heterocycles. The fraction of sp³-hybridized carbons (Fsp3) is 1.00. The molecule has 0 aromatic carbocycles. The van der Waals surface area contributed by atoms with Gasteiger partial charge in [0, 0.05) is 0 Å². The third-order valence-electron chi connectivity index (χ3n) is 3.97. The summed E-state index contributed by atoms with van der Waals surface area (Å²) in [6, 6.07) is 0. The Labute approximate surface area is 138 Å². The van der Waals surface area contributed by atoms with Crippen LogP contribution in [0.3, 0.4) is 0 Å². The molecule has 0 radical (unpaired) electrons. The van der Waals surface area contributed by atoms with Gasteiger partial charge in [-0.2, -0.15) is 8.42 Å². The standard InChI is InChI=1S/C16H36N.H2O4S/c1-5-7-8-9-10-11-12-13-14-15-16-17(3,4)6-2;1-5(2,3)4/h5-16H2,1-4H3;(H2,1,2,3,4)/q+1;. The van der Waals surface area contributed by atoms with Crippen LogP contribution in [0.2, 0.25) is 0 Å². The Morgan fingerprint density at radius 3 is 1.36 bits per heavy atom. The molecule has 5 nitrogen and oxygen atoms in total. The molecule has 6 heteroatoms. The summed E-state index contributed by atoms with van der Waals surface area (Å²) in [5.74, 6) is 0. The Kier molecular flexibility index (Phi) is 15.8. The number of nitrogens with zero attached hydrogens (tertiary/aromatic N) is 1. The van der Waals surface area contributed by atoms with Crippen LogP contribution in [0.1, 0.15) is 78.1 Å². The third-order valence-corrected chi connectivity index (χ3v) is 3.97. The lowest BCUT2D eigenvalue weighted by Gasteiger charge is -2.28. The van der Waals surface area contributed by atoms with E-state index in [9.17, 15) is 0 Å². The first-order valence-corrected chi connectivity index (χ1v) is 10.0. The highest BCUT2D eigenvalue weighted by Gasteiger charge is 2.09. The van der Waals surface area contributed by atoms with Crippen LogP contribution < -0.4 is 0 Å². The van der Waals surface area contributed by atoms with Crippen LogP contribution in [-0.4, -0.2) is 49.2 Å². The van der Waals surface area contributed by atoms with Crippen molar-refractivity contribution < 1.29 is 22.0 Å². The summed E-state index contributed by atoms with van der Waals surface area (Å²) in [4.78, 5) is 0. The van der Waals surface area contributed by atoms with Crippen molar-refractivity contribution in [1.29, 1.82) is 0 Å². The number of rotatable bonds is 12. The average Bonchev–Trinajstić information content (AvgIpc) is 2.39. The van der Waals surface area contributed by atoms with E-state index >= 15 is 0 Å². The van der Waals surface area contributed by atoms with E-state index in [1.165, 1.54) is 81.8 Å². The monoisotopic (exact) mass is 340 g/mol. The van der Waals surface area contributed by atoms with Gasteiger partial charge in [-0.25, -0.2) is 0 Å². The van der Waals surface area contributed by atoms with E-state index in [-0.39, 0.29) is 0 Å². The van der Waals surface area contributed by atoms with Gasteiger partial charge in [-0.3, -0.25) is 9.11 Å². The van der Waals surface area contributed by atoms with Crippen molar-refractivity contribution in [2.45, 2.75) is 78.1 Å². The maximum atomic E-state index is 8.74. The molecule has 0 aliphatic heterocycles. The van der Waals surface area contributed by atoms with Gasteiger partial charge in [0.25, 0.3) is 0 Å². The molecule has 136 valence electrons. The summed E-state index contributed by atoms with van der Waals surface area (Å²) in [6.07, 6.45) is 14.4. The minimum Gasteiger partial charge on any atom is -0.329 e. The molecule has 0 bridgehead atoms. The number of quaternary nitrogens is 1. The smallest absolute Gasteiger partial charge is 0.329 e. The van der Waals surface area contributed by atoms with Crippen LogP contribution in [0.15, 0.2) is 0 Å². The highest BCUT2D eigenvalue weighted by atomic mass is 32.3. The molecule has 0 aromatic rings. The van der Waals surface area contributed by atoms with Crippen molar-refractivity contribution in [3.8, 4) is 0 Å². The van der Waals surface area contributed by atoms with Crippen molar-refractivity contribution in [2.75, 3.05) is 27.2 Å². The predicted molar refractivity (Wildman–Crippen MR) is 93.5 cm³/mol. The lowest BCUT2D eigenvalue weighted by atomic mass is 10.1. The zero-order valence-electron chi connectivity index (χ0n) is 15.1. The maximum Gasteiger partial charge on any atom is 0.394 e. The molecule has 0 saturated carbocycles. The van der Waals surface area contributed by atoms with Gasteiger partial charge in [-0.1, -0.05) is 58.3 Å². The minimum absolute atomic E-state index is 1.19. The van der Waals surface area contributed by atoms with Gasteiger partial charge in [0.05, 0.1) is 27.2 Å². The van der Waals surface area contributed by atoms with E-state index in [0.29, 0.717) is 0 Å². The normalized spacial score (nSPS) is 11.9. The SMILES string of the molecule is CCCCCCCCCCCC[N+](C)(C)CC.O=S(=O)(O)O. The Balaban J connectivity index is 0. The summed E-state index contributed by atoms with van der Waals surface area (Å²) in [7, 11) is 0.0153. The Bertz CT molecular complexity index is 321. The summed E-state index contributed by atoms with van der Waals surface area (Å²) in [6.45, 7) is 7.19. The van der Waals surface area contributed by atoms with E-state index in [0.717, 1.165) is 0 Å². The first-order chi connectivity index (χ1) is 10.1. The first-order valence-electron chi connectivity index (χ1n) is 8.64. The van der Waals surface area contributed by atoms with Gasteiger partial charge in [-0.15, -0.1) is 0 Å². The van der Waals surface area contributed by atoms with Gasteiger partial charge in [0.15, 0.2) is 0 Å². The highest BCUT2D eigenvalue weighted by molar-refractivity contribution is 7.79. The number of hydrogen-bond acceptors (Lipinski definition) is 2. The Morgan fingerprint density at radius 1 is 0.727 bits per heavy atom. The molecule has 2 N–H and O–H groups in total. The van der Waals surface area contributed by atoms with Crippen molar-refractivity contribution in [1.82, 2.24) is 0 Å². The van der Waals surface area contributed by atoms with Crippen molar-refractivity contribution in [3.63, 3.8) is 0 Å². The van der Waals surface area contributed by atoms with Crippen LogP contribution in [0, 0.1) is 0 Å². The maximum absolute atomic E-state index is 8.74. The second-order valence-corrected chi connectivity index (χ2v) is 7.50. The highest BCUT2D eigenvalue weighted by Crippen LogP contribution is 2.11. The zero-order valence-corrected chi connectivity index (χ0v) is 15.9. The number of hydrogen-bond donors (Lipinski definition) is 2.